The molecule has 0 radical (unpaired) electrons. The molecule has 1 fully saturated rings. The molecule has 2 heterocycles. The quantitative estimate of drug-likeness (QED) is 0.582. The molecule has 2 aromatic carbocycles. The van der Waals surface area contributed by atoms with E-state index in [1.165, 1.54) is 5.56 Å². The lowest BCUT2D eigenvalue weighted by atomic mass is 9.95. The molecule has 0 atom stereocenters. The minimum absolute atomic E-state index is 0.0292. The van der Waals surface area contributed by atoms with E-state index in [0.29, 0.717) is 38.0 Å². The van der Waals surface area contributed by atoms with Gasteiger partial charge in [-0.25, -0.2) is 0 Å². The molecular formula is C24H25BrN4O2. The Kier molecular flexibility index (Phi) is 6.82. The molecule has 0 bridgehead atoms. The molecule has 1 N–H and O–H groups in total. The fourth-order valence-electron chi connectivity index (χ4n) is 3.80. The molecule has 0 saturated carbocycles. The Morgan fingerprint density at radius 2 is 1.68 bits per heavy atom. The van der Waals surface area contributed by atoms with Crippen molar-refractivity contribution >= 4 is 27.7 Å². The lowest BCUT2D eigenvalue weighted by Gasteiger charge is -2.31. The number of aromatic nitrogens is 2. The minimum atomic E-state index is -0.0481. The molecule has 1 aromatic heterocycles. The number of hydrogen-bond donors (Lipinski definition) is 1. The van der Waals surface area contributed by atoms with Crippen molar-refractivity contribution in [3.63, 3.8) is 0 Å². The average molecular weight is 481 g/mol. The molecule has 0 aliphatic carbocycles. The van der Waals surface area contributed by atoms with E-state index in [4.69, 9.17) is 0 Å². The van der Waals surface area contributed by atoms with E-state index in [1.807, 2.05) is 58.2 Å². The minimum Gasteiger partial charge on any atom is -0.352 e. The van der Waals surface area contributed by atoms with Crippen molar-refractivity contribution in [1.82, 2.24) is 20.0 Å². The summed E-state index contributed by atoms with van der Waals surface area (Å²) >= 11 is 3.39. The van der Waals surface area contributed by atoms with Crippen LogP contribution in [0.5, 0.6) is 0 Å². The van der Waals surface area contributed by atoms with Gasteiger partial charge in [-0.2, -0.15) is 5.10 Å². The van der Waals surface area contributed by atoms with E-state index in [2.05, 4.69) is 38.5 Å². The predicted molar refractivity (Wildman–Crippen MR) is 122 cm³/mol. The first kappa shape index (κ1) is 21.3. The van der Waals surface area contributed by atoms with E-state index in [-0.39, 0.29) is 17.7 Å². The van der Waals surface area contributed by atoms with Crippen LogP contribution in [-0.4, -0.2) is 39.6 Å². The lowest BCUT2D eigenvalue weighted by molar-refractivity contribution is -0.126. The van der Waals surface area contributed by atoms with E-state index in [1.54, 1.807) is 6.20 Å². The predicted octanol–water partition coefficient (Wildman–Crippen LogP) is 3.86. The molecular weight excluding hydrogens is 456 g/mol. The van der Waals surface area contributed by atoms with Gasteiger partial charge in [0.15, 0.2) is 0 Å². The summed E-state index contributed by atoms with van der Waals surface area (Å²) in [5, 5.41) is 7.27. The highest BCUT2D eigenvalue weighted by molar-refractivity contribution is 9.10. The van der Waals surface area contributed by atoms with Crippen molar-refractivity contribution in [3.8, 4) is 0 Å². The zero-order valence-electron chi connectivity index (χ0n) is 17.2. The van der Waals surface area contributed by atoms with E-state index >= 15 is 0 Å². The number of nitrogens with one attached hydrogen (secondary N) is 1. The van der Waals surface area contributed by atoms with Gasteiger partial charge in [-0.3, -0.25) is 14.3 Å². The number of hydrogen-bond acceptors (Lipinski definition) is 3. The van der Waals surface area contributed by atoms with Crippen LogP contribution in [0.2, 0.25) is 0 Å². The SMILES string of the molecule is O=C(NCc1ccc(Cn2cccn2)cc1)C1CCN(C(=O)c2ccc(Br)cc2)CC1. The fourth-order valence-corrected chi connectivity index (χ4v) is 4.06. The van der Waals surface area contributed by atoms with Crippen molar-refractivity contribution in [2.24, 2.45) is 5.92 Å². The smallest absolute Gasteiger partial charge is 0.253 e. The summed E-state index contributed by atoms with van der Waals surface area (Å²) in [5.41, 5.74) is 2.92. The molecule has 0 spiro atoms. The van der Waals surface area contributed by atoms with Crippen LogP contribution in [0.1, 0.15) is 34.3 Å². The molecule has 0 unspecified atom stereocenters. The highest BCUT2D eigenvalue weighted by Gasteiger charge is 2.27. The van der Waals surface area contributed by atoms with Crippen LogP contribution in [-0.2, 0) is 17.9 Å². The first-order valence-electron chi connectivity index (χ1n) is 10.5. The summed E-state index contributed by atoms with van der Waals surface area (Å²) in [6.07, 6.45) is 5.09. The first-order chi connectivity index (χ1) is 15.1. The van der Waals surface area contributed by atoms with Crippen molar-refractivity contribution in [1.29, 1.82) is 0 Å². The summed E-state index contributed by atoms with van der Waals surface area (Å²) in [6, 6.07) is 17.5. The standard InChI is InChI=1S/C24H25BrN4O2/c25-22-8-6-21(7-9-22)24(31)28-14-10-20(11-15-28)23(30)26-16-18-2-4-19(5-3-18)17-29-13-1-12-27-29/h1-9,12-13,20H,10-11,14-17H2,(H,26,30). The number of likely N-dealkylation sites (tertiary alicyclic amines) is 1. The number of carbonyl (C=O) groups is 2. The van der Waals surface area contributed by atoms with Gasteiger partial charge in [-0.05, 0) is 54.3 Å². The highest BCUT2D eigenvalue weighted by atomic mass is 79.9. The largest absolute Gasteiger partial charge is 0.352 e. The Morgan fingerprint density at radius 3 is 2.32 bits per heavy atom. The van der Waals surface area contributed by atoms with Gasteiger partial charge < -0.3 is 10.2 Å². The number of amides is 2. The molecule has 6 nitrogen and oxygen atoms in total. The second-order valence-electron chi connectivity index (χ2n) is 7.81. The van der Waals surface area contributed by atoms with E-state index in [9.17, 15) is 9.59 Å². The van der Waals surface area contributed by atoms with Crippen molar-refractivity contribution in [3.05, 3.63) is 88.2 Å². The molecule has 3 aromatic rings. The van der Waals surface area contributed by atoms with Crippen LogP contribution in [0.15, 0.2) is 71.5 Å². The topological polar surface area (TPSA) is 67.2 Å². The summed E-state index contributed by atoms with van der Waals surface area (Å²) in [6.45, 7) is 2.46. The third-order valence-electron chi connectivity index (χ3n) is 5.64. The average Bonchev–Trinajstić information content (AvgIpc) is 3.32. The van der Waals surface area contributed by atoms with Gasteiger partial charge in [0, 0.05) is 48.0 Å². The number of carbonyl (C=O) groups excluding carboxylic acids is 2. The highest BCUT2D eigenvalue weighted by Crippen LogP contribution is 2.20. The Bertz CT molecular complexity index is 1010. The Labute approximate surface area is 190 Å². The molecule has 4 rings (SSSR count). The number of benzene rings is 2. The second kappa shape index (κ2) is 9.92. The van der Waals surface area contributed by atoms with Crippen LogP contribution < -0.4 is 5.32 Å². The molecule has 160 valence electrons. The normalized spacial score (nSPS) is 14.4. The fraction of sp³-hybridized carbons (Fsp3) is 0.292. The molecule has 1 saturated heterocycles. The maximum atomic E-state index is 12.6. The summed E-state index contributed by atoms with van der Waals surface area (Å²) in [7, 11) is 0. The molecule has 2 amide bonds. The Hall–Kier alpha value is -2.93. The monoisotopic (exact) mass is 480 g/mol. The van der Waals surface area contributed by atoms with Gasteiger partial charge in [-0.1, -0.05) is 40.2 Å². The van der Waals surface area contributed by atoms with Crippen LogP contribution in [0.3, 0.4) is 0 Å². The van der Waals surface area contributed by atoms with Gasteiger partial charge in [-0.15, -0.1) is 0 Å². The summed E-state index contributed by atoms with van der Waals surface area (Å²) in [4.78, 5) is 27.1. The van der Waals surface area contributed by atoms with Gasteiger partial charge in [0.2, 0.25) is 5.91 Å². The maximum Gasteiger partial charge on any atom is 0.253 e. The van der Waals surface area contributed by atoms with Gasteiger partial charge in [0.1, 0.15) is 0 Å². The van der Waals surface area contributed by atoms with Crippen molar-refractivity contribution < 1.29 is 9.59 Å². The number of piperidine rings is 1. The Morgan fingerprint density at radius 1 is 1.00 bits per heavy atom. The van der Waals surface area contributed by atoms with Gasteiger partial charge in [0.05, 0.1) is 6.54 Å². The summed E-state index contributed by atoms with van der Waals surface area (Å²) < 4.78 is 2.83. The zero-order chi connectivity index (χ0) is 21.6. The molecule has 31 heavy (non-hydrogen) atoms. The third-order valence-corrected chi connectivity index (χ3v) is 6.17. The molecule has 1 aliphatic rings. The second-order valence-corrected chi connectivity index (χ2v) is 8.73. The maximum absolute atomic E-state index is 12.6. The van der Waals surface area contributed by atoms with E-state index < -0.39 is 0 Å². The number of halogens is 1. The third kappa shape index (κ3) is 5.61. The van der Waals surface area contributed by atoms with Crippen molar-refractivity contribution in [2.75, 3.05) is 13.1 Å². The first-order valence-corrected chi connectivity index (χ1v) is 11.3. The van der Waals surface area contributed by atoms with Crippen LogP contribution >= 0.6 is 15.9 Å². The Balaban J connectivity index is 1.23. The number of nitrogens with zero attached hydrogens (tertiary/aromatic N) is 3. The molecule has 7 heteroatoms. The number of rotatable bonds is 6. The van der Waals surface area contributed by atoms with Crippen LogP contribution in [0.4, 0.5) is 0 Å². The molecule has 1 aliphatic heterocycles. The van der Waals surface area contributed by atoms with Crippen LogP contribution in [0.25, 0.3) is 0 Å². The van der Waals surface area contributed by atoms with Gasteiger partial charge >= 0.3 is 0 Å². The zero-order valence-corrected chi connectivity index (χ0v) is 18.8. The van der Waals surface area contributed by atoms with Crippen LogP contribution in [0, 0.1) is 5.92 Å². The van der Waals surface area contributed by atoms with Crippen molar-refractivity contribution in [2.45, 2.75) is 25.9 Å². The van der Waals surface area contributed by atoms with E-state index in [0.717, 1.165) is 16.6 Å². The van der Waals surface area contributed by atoms with Gasteiger partial charge in [0.25, 0.3) is 5.91 Å². The lowest BCUT2D eigenvalue weighted by Crippen LogP contribution is -2.42. The summed E-state index contributed by atoms with van der Waals surface area (Å²) in [5.74, 6) is 0.0472.